The molecule has 0 saturated carbocycles. The molecule has 0 amide bonds. The van der Waals surface area contributed by atoms with Gasteiger partial charge in [-0.3, -0.25) is 14.5 Å². The van der Waals surface area contributed by atoms with Crippen molar-refractivity contribution in [1.29, 1.82) is 0 Å². The first-order valence-corrected chi connectivity index (χ1v) is 8.84. The van der Waals surface area contributed by atoms with Crippen LogP contribution in [0.25, 0.3) is 10.2 Å². The van der Waals surface area contributed by atoms with Crippen molar-refractivity contribution < 1.29 is 0 Å². The molecule has 3 heterocycles. The number of thiazole rings is 1. The lowest BCUT2D eigenvalue weighted by atomic mass is 10.2. The third-order valence-electron chi connectivity index (χ3n) is 4.33. The lowest BCUT2D eigenvalue weighted by Gasteiger charge is -2.33. The fourth-order valence-corrected chi connectivity index (χ4v) is 4.11. The van der Waals surface area contributed by atoms with Gasteiger partial charge in [0.25, 0.3) is 0 Å². The molecule has 1 saturated heterocycles. The van der Waals surface area contributed by atoms with E-state index in [2.05, 4.69) is 45.4 Å². The first-order valence-electron chi connectivity index (χ1n) is 8.03. The third kappa shape index (κ3) is 3.44. The Balaban J connectivity index is 1.32. The molecule has 23 heavy (non-hydrogen) atoms. The quantitative estimate of drug-likeness (QED) is 0.737. The van der Waals surface area contributed by atoms with E-state index in [0.29, 0.717) is 0 Å². The van der Waals surface area contributed by atoms with Gasteiger partial charge in [-0.15, -0.1) is 11.3 Å². The molecule has 0 N–H and O–H groups in total. The van der Waals surface area contributed by atoms with Crippen LogP contribution in [0.15, 0.2) is 36.7 Å². The molecule has 0 bridgehead atoms. The first kappa shape index (κ1) is 14.8. The van der Waals surface area contributed by atoms with Crippen molar-refractivity contribution in [2.24, 2.45) is 7.05 Å². The van der Waals surface area contributed by atoms with E-state index in [0.717, 1.165) is 44.8 Å². The van der Waals surface area contributed by atoms with E-state index >= 15 is 0 Å². The highest BCUT2D eigenvalue weighted by Crippen LogP contribution is 2.23. The number of hydrogen-bond acceptors (Lipinski definition) is 5. The molecular formula is C17H21N5S. The van der Waals surface area contributed by atoms with Gasteiger partial charge in [0.2, 0.25) is 0 Å². The van der Waals surface area contributed by atoms with Gasteiger partial charge in [-0.05, 0) is 12.1 Å². The van der Waals surface area contributed by atoms with E-state index in [4.69, 9.17) is 4.98 Å². The number of piperazine rings is 1. The fraction of sp³-hybridized carbons (Fsp3) is 0.412. The summed E-state index contributed by atoms with van der Waals surface area (Å²) in [5.41, 5.74) is 2.43. The summed E-state index contributed by atoms with van der Waals surface area (Å²) in [7, 11) is 1.97. The van der Waals surface area contributed by atoms with Crippen molar-refractivity contribution >= 4 is 21.6 Å². The van der Waals surface area contributed by atoms with Crippen molar-refractivity contribution in [1.82, 2.24) is 24.6 Å². The number of aromatic nitrogens is 3. The number of nitrogens with zero attached hydrogens (tertiary/aromatic N) is 5. The minimum absolute atomic E-state index is 0.972. The molecule has 3 aromatic rings. The number of hydrogen-bond donors (Lipinski definition) is 0. The maximum atomic E-state index is 4.75. The standard InChI is InChI=1S/C17H21N5S/c1-20-11-14(10-18-20)12-21-6-8-22(9-7-21)13-17-19-15-4-2-3-5-16(15)23-17/h2-5,10-11H,6-9,12-13H2,1H3. The van der Waals surface area contributed by atoms with Gasteiger partial charge < -0.3 is 0 Å². The van der Waals surface area contributed by atoms with Gasteiger partial charge in [0, 0.05) is 51.5 Å². The van der Waals surface area contributed by atoms with E-state index in [1.807, 2.05) is 29.3 Å². The van der Waals surface area contributed by atoms with Crippen LogP contribution in [0.5, 0.6) is 0 Å². The molecule has 4 rings (SSSR count). The van der Waals surface area contributed by atoms with Crippen LogP contribution in [-0.4, -0.2) is 50.7 Å². The summed E-state index contributed by atoms with van der Waals surface area (Å²) in [6.45, 7) is 6.41. The number of para-hydroxylation sites is 1. The van der Waals surface area contributed by atoms with E-state index in [9.17, 15) is 0 Å². The summed E-state index contributed by atoms with van der Waals surface area (Å²) in [6, 6.07) is 8.40. The van der Waals surface area contributed by atoms with Gasteiger partial charge in [0.15, 0.2) is 0 Å². The van der Waals surface area contributed by atoms with Crippen molar-refractivity contribution in [2.75, 3.05) is 26.2 Å². The number of benzene rings is 1. The minimum Gasteiger partial charge on any atom is -0.296 e. The van der Waals surface area contributed by atoms with Crippen molar-refractivity contribution in [2.45, 2.75) is 13.1 Å². The van der Waals surface area contributed by atoms with Crippen molar-refractivity contribution in [3.8, 4) is 0 Å². The predicted octanol–water partition coefficient (Wildman–Crippen LogP) is 2.35. The Bertz CT molecular complexity index is 752. The summed E-state index contributed by atoms with van der Waals surface area (Å²) >= 11 is 1.82. The van der Waals surface area contributed by atoms with E-state index in [1.54, 1.807) is 0 Å². The molecule has 6 heteroatoms. The van der Waals surface area contributed by atoms with Crippen LogP contribution in [0.2, 0.25) is 0 Å². The molecule has 1 aromatic carbocycles. The zero-order valence-corrected chi connectivity index (χ0v) is 14.2. The number of fused-ring (bicyclic) bond motifs is 1. The monoisotopic (exact) mass is 327 g/mol. The summed E-state index contributed by atoms with van der Waals surface area (Å²) in [5, 5.41) is 5.47. The van der Waals surface area contributed by atoms with Gasteiger partial charge in [-0.2, -0.15) is 5.10 Å². The van der Waals surface area contributed by atoms with E-state index in [-0.39, 0.29) is 0 Å². The average Bonchev–Trinajstić information content (AvgIpc) is 3.14. The largest absolute Gasteiger partial charge is 0.296 e. The highest BCUT2D eigenvalue weighted by molar-refractivity contribution is 7.18. The van der Waals surface area contributed by atoms with Crippen LogP contribution in [0.1, 0.15) is 10.6 Å². The van der Waals surface area contributed by atoms with Gasteiger partial charge >= 0.3 is 0 Å². The van der Waals surface area contributed by atoms with Crippen molar-refractivity contribution in [3.63, 3.8) is 0 Å². The second kappa shape index (κ2) is 6.39. The van der Waals surface area contributed by atoms with Crippen LogP contribution in [-0.2, 0) is 20.1 Å². The highest BCUT2D eigenvalue weighted by Gasteiger charge is 2.18. The Hall–Kier alpha value is -1.76. The van der Waals surface area contributed by atoms with Crippen LogP contribution in [0.4, 0.5) is 0 Å². The molecule has 0 atom stereocenters. The highest BCUT2D eigenvalue weighted by atomic mass is 32.1. The smallest absolute Gasteiger partial charge is 0.108 e. The molecule has 120 valence electrons. The number of aryl methyl sites for hydroxylation is 1. The maximum absolute atomic E-state index is 4.75. The van der Waals surface area contributed by atoms with Crippen LogP contribution in [0.3, 0.4) is 0 Å². The van der Waals surface area contributed by atoms with Gasteiger partial charge in [0.05, 0.1) is 23.0 Å². The number of rotatable bonds is 4. The molecular weight excluding hydrogens is 306 g/mol. The third-order valence-corrected chi connectivity index (χ3v) is 5.35. The zero-order chi connectivity index (χ0) is 15.6. The minimum atomic E-state index is 0.972. The van der Waals surface area contributed by atoms with Gasteiger partial charge in [-0.25, -0.2) is 4.98 Å². The topological polar surface area (TPSA) is 37.2 Å². The zero-order valence-electron chi connectivity index (χ0n) is 13.4. The molecule has 5 nitrogen and oxygen atoms in total. The predicted molar refractivity (Wildman–Crippen MR) is 93.4 cm³/mol. The van der Waals surface area contributed by atoms with Crippen LogP contribution >= 0.6 is 11.3 Å². The molecule has 1 aliphatic heterocycles. The van der Waals surface area contributed by atoms with Gasteiger partial charge in [-0.1, -0.05) is 12.1 Å². The first-order chi connectivity index (χ1) is 11.3. The Labute approximate surface area is 140 Å². The second-order valence-electron chi connectivity index (χ2n) is 6.15. The van der Waals surface area contributed by atoms with E-state index < -0.39 is 0 Å². The second-order valence-corrected chi connectivity index (χ2v) is 7.27. The van der Waals surface area contributed by atoms with Gasteiger partial charge in [0.1, 0.15) is 5.01 Å². The molecule has 0 aliphatic carbocycles. The normalized spacial score (nSPS) is 17.1. The molecule has 0 radical (unpaired) electrons. The maximum Gasteiger partial charge on any atom is 0.108 e. The summed E-state index contributed by atoms with van der Waals surface area (Å²) in [6.07, 6.45) is 4.07. The molecule has 0 unspecified atom stereocenters. The summed E-state index contributed by atoms with van der Waals surface area (Å²) < 4.78 is 3.16. The molecule has 1 aliphatic rings. The fourth-order valence-electron chi connectivity index (χ4n) is 3.10. The Morgan fingerprint density at radius 3 is 2.48 bits per heavy atom. The summed E-state index contributed by atoms with van der Waals surface area (Å²) in [5.74, 6) is 0. The lowest BCUT2D eigenvalue weighted by Crippen LogP contribution is -2.45. The molecule has 1 fully saturated rings. The molecule has 2 aromatic heterocycles. The molecule has 0 spiro atoms. The Morgan fingerprint density at radius 2 is 1.78 bits per heavy atom. The lowest BCUT2D eigenvalue weighted by molar-refractivity contribution is 0.122. The van der Waals surface area contributed by atoms with Crippen LogP contribution in [0, 0.1) is 0 Å². The van der Waals surface area contributed by atoms with Crippen LogP contribution < -0.4 is 0 Å². The Kier molecular flexibility index (Phi) is 4.11. The van der Waals surface area contributed by atoms with Crippen molar-refractivity contribution in [3.05, 3.63) is 47.2 Å². The SMILES string of the molecule is Cn1cc(CN2CCN(Cc3nc4ccccc4s3)CC2)cn1. The Morgan fingerprint density at radius 1 is 1.04 bits per heavy atom. The summed E-state index contributed by atoms with van der Waals surface area (Å²) in [4.78, 5) is 9.77. The average molecular weight is 327 g/mol. The van der Waals surface area contributed by atoms with E-state index in [1.165, 1.54) is 15.3 Å².